The van der Waals surface area contributed by atoms with Crippen molar-refractivity contribution in [1.29, 1.82) is 0 Å². The van der Waals surface area contributed by atoms with Crippen LogP contribution in [0.2, 0.25) is 0 Å². The van der Waals surface area contributed by atoms with Crippen molar-refractivity contribution in [1.82, 2.24) is 25.5 Å². The van der Waals surface area contributed by atoms with E-state index in [-0.39, 0.29) is 16.4 Å². The smallest absolute Gasteiger partial charge is 0.269 e. The van der Waals surface area contributed by atoms with E-state index in [0.717, 1.165) is 37.1 Å². The first-order chi connectivity index (χ1) is 12.5. The van der Waals surface area contributed by atoms with Crippen LogP contribution in [0, 0.1) is 23.2 Å². The molecule has 1 amide bonds. The second kappa shape index (κ2) is 7.21. The number of aryl methyl sites for hydroxylation is 1. The molecule has 4 aliphatic rings. The van der Waals surface area contributed by atoms with Crippen LogP contribution in [0.5, 0.6) is 0 Å². The summed E-state index contributed by atoms with van der Waals surface area (Å²) in [5.74, 6) is 2.90. The molecule has 4 fully saturated rings. The van der Waals surface area contributed by atoms with Crippen molar-refractivity contribution in [3.05, 3.63) is 0 Å². The highest BCUT2D eigenvalue weighted by Gasteiger charge is 2.51. The zero-order valence-corrected chi connectivity index (χ0v) is 16.2. The van der Waals surface area contributed by atoms with Gasteiger partial charge in [0.2, 0.25) is 5.91 Å². The van der Waals surface area contributed by atoms with Gasteiger partial charge >= 0.3 is 0 Å². The summed E-state index contributed by atoms with van der Waals surface area (Å²) < 4.78 is 0. The predicted molar refractivity (Wildman–Crippen MR) is 102 cm³/mol. The number of hydrogen-bond donors (Lipinski definition) is 2. The number of amides is 1. The van der Waals surface area contributed by atoms with Crippen molar-refractivity contribution in [2.45, 2.75) is 71.3 Å². The lowest BCUT2D eigenvalue weighted by Crippen LogP contribution is -2.48. The van der Waals surface area contributed by atoms with Crippen LogP contribution in [0.15, 0.2) is 0 Å². The summed E-state index contributed by atoms with van der Waals surface area (Å²) in [6, 6.07) is 0. The summed E-state index contributed by atoms with van der Waals surface area (Å²) in [5.41, 5.74) is 0.218. The van der Waals surface area contributed by atoms with Crippen LogP contribution in [0.3, 0.4) is 0 Å². The second-order valence-electron chi connectivity index (χ2n) is 8.66. The molecule has 8 heteroatoms. The number of nitrogens with zero attached hydrogens (tertiary/aromatic N) is 4. The number of thiocarbonyl (C=S) groups is 1. The largest absolute Gasteiger partial charge is 0.303 e. The number of hydrogen-bond acceptors (Lipinski definition) is 5. The van der Waals surface area contributed by atoms with Gasteiger partial charge in [0.15, 0.2) is 5.11 Å². The monoisotopic (exact) mass is 376 g/mol. The molecule has 4 aliphatic carbocycles. The van der Waals surface area contributed by atoms with Crippen molar-refractivity contribution in [3.8, 4) is 0 Å². The molecule has 0 aromatic carbocycles. The number of aromatic nitrogens is 4. The maximum absolute atomic E-state index is 12.6. The Hall–Kier alpha value is -1.57. The number of tetrazole rings is 1. The van der Waals surface area contributed by atoms with E-state index in [1.807, 2.05) is 0 Å². The van der Waals surface area contributed by atoms with Crippen LogP contribution in [0.25, 0.3) is 0 Å². The lowest BCUT2D eigenvalue weighted by atomic mass is 9.49. The fraction of sp³-hybridized carbons (Fsp3) is 0.833. The molecular weight excluding hydrogens is 348 g/mol. The Kier molecular flexibility index (Phi) is 4.94. The van der Waals surface area contributed by atoms with Crippen molar-refractivity contribution in [2.24, 2.45) is 23.2 Å². The van der Waals surface area contributed by atoms with Crippen LogP contribution >= 0.6 is 12.2 Å². The van der Waals surface area contributed by atoms with Crippen molar-refractivity contribution < 1.29 is 4.79 Å². The molecule has 0 radical (unpaired) electrons. The number of nitrogens with one attached hydrogen (secondary N) is 2. The molecule has 1 heterocycles. The number of carbonyl (C=O) groups excluding carboxylic acids is 1. The molecular formula is C18H28N6OS. The number of anilines is 1. The highest BCUT2D eigenvalue weighted by Crippen LogP contribution is 2.61. The standard InChI is InChI=1S/C18H28N6OS/c1-2-3-4-24-22-16(21-23-24)20-17(26)19-15(25)11-18-8-12-5-13(9-18)7-14(6-12)10-18/h12-14H,2-11H2,1H3,(H2,19,20,22,25,26). The predicted octanol–water partition coefficient (Wildman–Crippen LogP) is 2.89. The molecule has 7 nitrogen and oxygen atoms in total. The topological polar surface area (TPSA) is 84.7 Å². The van der Waals surface area contributed by atoms with Crippen LogP contribution in [0.1, 0.15) is 64.7 Å². The Morgan fingerprint density at radius 3 is 2.50 bits per heavy atom. The molecule has 0 saturated heterocycles. The molecule has 142 valence electrons. The number of carbonyl (C=O) groups is 1. The molecule has 0 aliphatic heterocycles. The molecule has 0 atom stereocenters. The summed E-state index contributed by atoms with van der Waals surface area (Å²) in [6.45, 7) is 2.85. The summed E-state index contributed by atoms with van der Waals surface area (Å²) in [5, 5.41) is 18.1. The molecule has 2 N–H and O–H groups in total. The average molecular weight is 377 g/mol. The van der Waals surface area contributed by atoms with Gasteiger partial charge in [-0.15, -0.1) is 5.10 Å². The Morgan fingerprint density at radius 2 is 1.88 bits per heavy atom. The zero-order valence-electron chi connectivity index (χ0n) is 15.4. The van der Waals surface area contributed by atoms with E-state index < -0.39 is 0 Å². The highest BCUT2D eigenvalue weighted by atomic mass is 32.1. The van der Waals surface area contributed by atoms with Gasteiger partial charge in [0, 0.05) is 6.42 Å². The minimum atomic E-state index is 0.0165. The molecule has 26 heavy (non-hydrogen) atoms. The quantitative estimate of drug-likeness (QED) is 0.743. The molecule has 1 aromatic heterocycles. The maximum atomic E-state index is 12.6. The maximum Gasteiger partial charge on any atom is 0.269 e. The fourth-order valence-electron chi connectivity index (χ4n) is 5.84. The lowest BCUT2D eigenvalue weighted by Gasteiger charge is -2.56. The van der Waals surface area contributed by atoms with E-state index in [0.29, 0.717) is 12.4 Å². The Morgan fingerprint density at radius 1 is 1.23 bits per heavy atom. The molecule has 0 spiro atoms. The van der Waals surface area contributed by atoms with Crippen molar-refractivity contribution in [2.75, 3.05) is 5.32 Å². The molecule has 0 unspecified atom stereocenters. The van der Waals surface area contributed by atoms with E-state index in [1.165, 1.54) is 38.5 Å². The lowest BCUT2D eigenvalue weighted by molar-refractivity contribution is -0.127. The minimum absolute atomic E-state index is 0.0165. The Bertz CT molecular complexity index is 652. The zero-order chi connectivity index (χ0) is 18.1. The van der Waals surface area contributed by atoms with Gasteiger partial charge < -0.3 is 5.32 Å². The number of rotatable bonds is 6. The average Bonchev–Trinajstić information content (AvgIpc) is 2.97. The summed E-state index contributed by atoms with van der Waals surface area (Å²) >= 11 is 5.26. The summed E-state index contributed by atoms with van der Waals surface area (Å²) in [4.78, 5) is 14.1. The van der Waals surface area contributed by atoms with Crippen molar-refractivity contribution in [3.63, 3.8) is 0 Å². The van der Waals surface area contributed by atoms with Gasteiger partial charge in [0.1, 0.15) is 0 Å². The Balaban J connectivity index is 1.28. The molecule has 4 bridgehead atoms. The Labute approximate surface area is 159 Å². The van der Waals surface area contributed by atoms with Gasteiger partial charge in [-0.25, -0.2) is 0 Å². The van der Waals surface area contributed by atoms with Gasteiger partial charge in [-0.05, 0) is 85.5 Å². The van der Waals surface area contributed by atoms with Crippen LogP contribution in [0.4, 0.5) is 5.95 Å². The van der Waals surface area contributed by atoms with E-state index in [2.05, 4.69) is 33.0 Å². The molecule has 1 aromatic rings. The van der Waals surface area contributed by atoms with Crippen LogP contribution in [-0.4, -0.2) is 31.2 Å². The molecule has 4 saturated carbocycles. The molecule has 5 rings (SSSR count). The van der Waals surface area contributed by atoms with E-state index in [1.54, 1.807) is 4.80 Å². The van der Waals surface area contributed by atoms with E-state index in [9.17, 15) is 4.79 Å². The SMILES string of the molecule is CCCCn1nnc(NC(=S)NC(=O)CC23CC4CC(CC(C4)C2)C3)n1. The number of unbranched alkanes of at least 4 members (excludes halogenated alkanes) is 1. The second-order valence-corrected chi connectivity index (χ2v) is 9.07. The third-order valence-electron chi connectivity index (χ3n) is 6.34. The van der Waals surface area contributed by atoms with E-state index >= 15 is 0 Å². The van der Waals surface area contributed by atoms with Gasteiger partial charge in [-0.2, -0.15) is 4.80 Å². The minimum Gasteiger partial charge on any atom is -0.303 e. The summed E-state index contributed by atoms with van der Waals surface area (Å²) in [7, 11) is 0. The van der Waals surface area contributed by atoms with Gasteiger partial charge in [-0.1, -0.05) is 18.4 Å². The first-order valence-electron chi connectivity index (χ1n) is 9.92. The third kappa shape index (κ3) is 3.89. The van der Waals surface area contributed by atoms with Crippen LogP contribution < -0.4 is 10.6 Å². The normalized spacial score (nSPS) is 31.8. The highest BCUT2D eigenvalue weighted by molar-refractivity contribution is 7.80. The first-order valence-corrected chi connectivity index (χ1v) is 10.3. The van der Waals surface area contributed by atoms with Gasteiger partial charge in [-0.3, -0.25) is 10.1 Å². The van der Waals surface area contributed by atoms with Crippen LogP contribution in [-0.2, 0) is 11.3 Å². The fourth-order valence-corrected chi connectivity index (χ4v) is 6.04. The van der Waals surface area contributed by atoms with Gasteiger partial charge in [0.05, 0.1) is 6.54 Å². The van der Waals surface area contributed by atoms with Crippen molar-refractivity contribution >= 4 is 29.2 Å². The van der Waals surface area contributed by atoms with E-state index in [4.69, 9.17) is 12.2 Å². The van der Waals surface area contributed by atoms with Gasteiger partial charge in [0.25, 0.3) is 5.95 Å². The summed E-state index contributed by atoms with van der Waals surface area (Å²) in [6.07, 6.45) is 10.5. The first kappa shape index (κ1) is 17.8. The third-order valence-corrected chi connectivity index (χ3v) is 6.55.